The zero-order valence-corrected chi connectivity index (χ0v) is 18.3. The molecular formula is C25H28N2O4. The summed E-state index contributed by atoms with van der Waals surface area (Å²) < 4.78 is 10.9. The highest BCUT2D eigenvalue weighted by Crippen LogP contribution is 2.33. The summed E-state index contributed by atoms with van der Waals surface area (Å²) in [5.41, 5.74) is 4.40. The van der Waals surface area contributed by atoms with E-state index in [1.807, 2.05) is 38.1 Å². The number of rotatable bonds is 7. The smallest absolute Gasteiger partial charge is 0.253 e. The Bertz CT molecular complexity index is 1180. The third-order valence-electron chi connectivity index (χ3n) is 5.64. The normalized spacial score (nSPS) is 12.4. The first-order valence-corrected chi connectivity index (χ1v) is 10.7. The second-order valence-corrected chi connectivity index (χ2v) is 8.21. The number of hydrogen-bond donors (Lipinski definition) is 1. The molecule has 0 bridgehead atoms. The SMILES string of the molecule is CCCCC(=O)N(Cc1ccc2c(c1)OCO2)Cc1cc2cc(C)cc(C)c2[nH]c1=O. The van der Waals surface area contributed by atoms with Crippen LogP contribution in [0.2, 0.25) is 0 Å². The van der Waals surface area contributed by atoms with Gasteiger partial charge in [-0.1, -0.05) is 31.0 Å². The minimum atomic E-state index is -0.154. The third kappa shape index (κ3) is 4.58. The Morgan fingerprint density at radius 3 is 2.68 bits per heavy atom. The fourth-order valence-electron chi connectivity index (χ4n) is 4.03. The van der Waals surface area contributed by atoms with Gasteiger partial charge in [-0.05, 0) is 61.0 Å². The van der Waals surface area contributed by atoms with Crippen LogP contribution in [-0.4, -0.2) is 22.6 Å². The maximum atomic E-state index is 13.0. The summed E-state index contributed by atoms with van der Waals surface area (Å²) in [7, 11) is 0. The van der Waals surface area contributed by atoms with E-state index in [1.54, 1.807) is 4.90 Å². The minimum Gasteiger partial charge on any atom is -0.454 e. The van der Waals surface area contributed by atoms with Crippen LogP contribution in [0.25, 0.3) is 10.9 Å². The van der Waals surface area contributed by atoms with Crippen LogP contribution in [0, 0.1) is 13.8 Å². The summed E-state index contributed by atoms with van der Waals surface area (Å²) in [6.45, 7) is 6.97. The largest absolute Gasteiger partial charge is 0.454 e. The first-order chi connectivity index (χ1) is 14.9. The van der Waals surface area contributed by atoms with Gasteiger partial charge < -0.3 is 19.4 Å². The summed E-state index contributed by atoms with van der Waals surface area (Å²) in [5, 5.41) is 0.983. The lowest BCUT2D eigenvalue weighted by Crippen LogP contribution is -2.32. The van der Waals surface area contributed by atoms with Crippen LogP contribution in [0.5, 0.6) is 11.5 Å². The lowest BCUT2D eigenvalue weighted by atomic mass is 10.0. The van der Waals surface area contributed by atoms with Crippen molar-refractivity contribution in [2.45, 2.75) is 53.1 Å². The van der Waals surface area contributed by atoms with E-state index >= 15 is 0 Å². The van der Waals surface area contributed by atoms with Crippen molar-refractivity contribution in [3.63, 3.8) is 0 Å². The molecule has 0 saturated heterocycles. The van der Waals surface area contributed by atoms with E-state index in [0.717, 1.165) is 40.4 Å². The monoisotopic (exact) mass is 420 g/mol. The number of ether oxygens (including phenoxy) is 2. The molecule has 0 aliphatic carbocycles. The molecule has 0 spiro atoms. The molecule has 0 atom stereocenters. The molecule has 6 heteroatoms. The van der Waals surface area contributed by atoms with E-state index in [2.05, 4.69) is 24.0 Å². The molecule has 0 fully saturated rings. The maximum absolute atomic E-state index is 13.0. The van der Waals surface area contributed by atoms with Crippen molar-refractivity contribution in [1.29, 1.82) is 0 Å². The molecule has 6 nitrogen and oxygen atoms in total. The van der Waals surface area contributed by atoms with Crippen LogP contribution >= 0.6 is 0 Å². The van der Waals surface area contributed by atoms with E-state index in [1.165, 1.54) is 0 Å². The van der Waals surface area contributed by atoms with Crippen molar-refractivity contribution in [3.8, 4) is 11.5 Å². The second-order valence-electron chi connectivity index (χ2n) is 8.21. The molecule has 1 aliphatic rings. The Hall–Kier alpha value is -3.28. The summed E-state index contributed by atoms with van der Waals surface area (Å²) >= 11 is 0. The number of aromatic amines is 1. The number of aryl methyl sites for hydroxylation is 2. The number of aromatic nitrogens is 1. The predicted molar refractivity (Wildman–Crippen MR) is 120 cm³/mol. The Kier molecular flexibility index (Phi) is 5.98. The molecule has 1 amide bonds. The molecule has 162 valence electrons. The van der Waals surface area contributed by atoms with Crippen LogP contribution in [0.3, 0.4) is 0 Å². The van der Waals surface area contributed by atoms with Crippen LogP contribution in [0.15, 0.2) is 41.2 Å². The zero-order valence-electron chi connectivity index (χ0n) is 18.3. The van der Waals surface area contributed by atoms with Gasteiger partial charge in [-0.2, -0.15) is 0 Å². The van der Waals surface area contributed by atoms with Gasteiger partial charge in [0.1, 0.15) is 0 Å². The van der Waals surface area contributed by atoms with Gasteiger partial charge >= 0.3 is 0 Å². The number of amides is 1. The number of pyridine rings is 1. The highest BCUT2D eigenvalue weighted by atomic mass is 16.7. The van der Waals surface area contributed by atoms with Gasteiger partial charge in [-0.3, -0.25) is 9.59 Å². The summed E-state index contributed by atoms with van der Waals surface area (Å²) in [6.07, 6.45) is 2.23. The Morgan fingerprint density at radius 1 is 1.06 bits per heavy atom. The number of nitrogens with one attached hydrogen (secondary N) is 1. The molecule has 3 aromatic rings. The lowest BCUT2D eigenvalue weighted by molar-refractivity contribution is -0.132. The summed E-state index contributed by atoms with van der Waals surface area (Å²) in [6, 6.07) is 11.7. The number of fused-ring (bicyclic) bond motifs is 2. The fraction of sp³-hybridized carbons (Fsp3) is 0.360. The number of hydrogen-bond acceptors (Lipinski definition) is 4. The van der Waals surface area contributed by atoms with E-state index in [0.29, 0.717) is 30.0 Å². The fourth-order valence-corrected chi connectivity index (χ4v) is 4.03. The highest BCUT2D eigenvalue weighted by molar-refractivity contribution is 5.83. The number of carbonyl (C=O) groups excluding carboxylic acids is 1. The molecule has 1 aromatic heterocycles. The van der Waals surface area contributed by atoms with Gasteiger partial charge in [-0.15, -0.1) is 0 Å². The molecule has 0 radical (unpaired) electrons. The molecule has 2 aromatic carbocycles. The Balaban J connectivity index is 1.65. The molecular weight excluding hydrogens is 392 g/mol. The second kappa shape index (κ2) is 8.84. The van der Waals surface area contributed by atoms with Crippen molar-refractivity contribution >= 4 is 16.8 Å². The average molecular weight is 421 g/mol. The molecule has 1 N–H and O–H groups in total. The average Bonchev–Trinajstić information content (AvgIpc) is 3.20. The molecule has 4 rings (SSSR count). The molecule has 2 heterocycles. The number of unbranched alkanes of at least 4 members (excludes halogenated alkanes) is 1. The van der Waals surface area contributed by atoms with Gasteiger partial charge in [0.15, 0.2) is 11.5 Å². The Morgan fingerprint density at radius 2 is 1.87 bits per heavy atom. The standard InChI is InChI=1S/C25H28N2O4/c1-4-5-6-23(28)27(13-18-7-8-21-22(11-18)31-15-30-21)14-20-12-19-10-16(2)9-17(3)24(19)26-25(20)29/h7-12H,4-6,13-15H2,1-3H3,(H,26,29). The number of nitrogens with zero attached hydrogens (tertiary/aromatic N) is 1. The maximum Gasteiger partial charge on any atom is 0.253 e. The first kappa shape index (κ1) is 21.0. The topological polar surface area (TPSA) is 71.6 Å². The van der Waals surface area contributed by atoms with Crippen molar-refractivity contribution < 1.29 is 14.3 Å². The van der Waals surface area contributed by atoms with Crippen LogP contribution in [-0.2, 0) is 17.9 Å². The molecule has 1 aliphatic heterocycles. The van der Waals surface area contributed by atoms with Gasteiger partial charge in [0.2, 0.25) is 12.7 Å². The van der Waals surface area contributed by atoms with Crippen molar-refractivity contribution in [2.24, 2.45) is 0 Å². The van der Waals surface area contributed by atoms with Crippen molar-refractivity contribution in [1.82, 2.24) is 9.88 Å². The molecule has 31 heavy (non-hydrogen) atoms. The van der Waals surface area contributed by atoms with Gasteiger partial charge in [0, 0.05) is 18.5 Å². The first-order valence-electron chi connectivity index (χ1n) is 10.7. The quantitative estimate of drug-likeness (QED) is 0.607. The number of carbonyl (C=O) groups is 1. The van der Waals surface area contributed by atoms with Crippen molar-refractivity contribution in [3.05, 3.63) is 69.0 Å². The summed E-state index contributed by atoms with van der Waals surface area (Å²) in [4.78, 5) is 30.6. The third-order valence-corrected chi connectivity index (χ3v) is 5.64. The highest BCUT2D eigenvalue weighted by Gasteiger charge is 2.19. The number of H-pyrrole nitrogens is 1. The predicted octanol–water partition coefficient (Wildman–Crippen LogP) is 4.59. The van der Waals surface area contributed by atoms with Gasteiger partial charge in [0.05, 0.1) is 12.1 Å². The molecule has 0 saturated carbocycles. The summed E-state index contributed by atoms with van der Waals surface area (Å²) in [5.74, 6) is 1.44. The number of benzene rings is 2. The van der Waals surface area contributed by atoms with E-state index in [9.17, 15) is 9.59 Å². The van der Waals surface area contributed by atoms with Crippen LogP contribution in [0.1, 0.15) is 48.4 Å². The van der Waals surface area contributed by atoms with E-state index in [-0.39, 0.29) is 24.8 Å². The lowest BCUT2D eigenvalue weighted by Gasteiger charge is -2.23. The van der Waals surface area contributed by atoms with Crippen LogP contribution < -0.4 is 15.0 Å². The van der Waals surface area contributed by atoms with Gasteiger partial charge in [0.25, 0.3) is 5.56 Å². The Labute approximate surface area is 181 Å². The minimum absolute atomic E-state index is 0.0411. The van der Waals surface area contributed by atoms with Gasteiger partial charge in [-0.25, -0.2) is 0 Å². The van der Waals surface area contributed by atoms with E-state index in [4.69, 9.17) is 9.47 Å². The van der Waals surface area contributed by atoms with Crippen LogP contribution in [0.4, 0.5) is 0 Å². The van der Waals surface area contributed by atoms with E-state index < -0.39 is 0 Å². The van der Waals surface area contributed by atoms with Crippen molar-refractivity contribution in [2.75, 3.05) is 6.79 Å². The zero-order chi connectivity index (χ0) is 22.0. The molecule has 0 unspecified atom stereocenters.